The van der Waals surface area contributed by atoms with Gasteiger partial charge in [0.2, 0.25) is 17.7 Å². The van der Waals surface area contributed by atoms with Gasteiger partial charge in [-0.2, -0.15) is 5.10 Å². The number of aromatic nitrogens is 4. The van der Waals surface area contributed by atoms with Gasteiger partial charge < -0.3 is 28.7 Å². The van der Waals surface area contributed by atoms with Crippen molar-refractivity contribution in [2.24, 2.45) is 0 Å². The van der Waals surface area contributed by atoms with E-state index in [0.29, 0.717) is 80.3 Å². The number of alkyl halides is 2. The Balaban J connectivity index is 0.862. The van der Waals surface area contributed by atoms with Crippen molar-refractivity contribution in [3.63, 3.8) is 0 Å². The number of carbonyl (C=O) groups excluding carboxylic acids is 6. The molecule has 0 radical (unpaired) electrons. The third-order valence-electron chi connectivity index (χ3n) is 13.6. The third kappa shape index (κ3) is 7.53. The fourth-order valence-corrected chi connectivity index (χ4v) is 10.1. The van der Waals surface area contributed by atoms with E-state index in [0.717, 1.165) is 34.5 Å². The molecule has 0 aliphatic carbocycles. The lowest BCUT2D eigenvalue weighted by Gasteiger charge is -2.29. The normalized spacial score (nSPS) is 20.0. The summed E-state index contributed by atoms with van der Waals surface area (Å²) in [5.74, 6) is -2.04. The maximum atomic E-state index is 15.3. The zero-order valence-electron chi connectivity index (χ0n) is 36.4. The Kier molecular flexibility index (Phi) is 11.1. The van der Waals surface area contributed by atoms with E-state index in [2.05, 4.69) is 15.0 Å². The summed E-state index contributed by atoms with van der Waals surface area (Å²) in [7, 11) is 1.82. The maximum absolute atomic E-state index is 15.3. The average molecular weight is 904 g/mol. The first-order valence-electron chi connectivity index (χ1n) is 22.2. The molecule has 8 heterocycles. The number of nitrogens with one attached hydrogen (secondary N) is 1. The minimum atomic E-state index is -2.82. The van der Waals surface area contributed by atoms with E-state index in [9.17, 15) is 28.8 Å². The molecular weight excluding hydrogens is 857 g/mol. The second-order valence-electron chi connectivity index (χ2n) is 17.4. The molecule has 2 atom stereocenters. The number of hydrogen-bond acceptors (Lipinski definition) is 11. The van der Waals surface area contributed by atoms with Crippen molar-refractivity contribution in [2.45, 2.75) is 76.5 Å². The number of anilines is 2. The van der Waals surface area contributed by atoms with Gasteiger partial charge in [0.1, 0.15) is 11.8 Å². The van der Waals surface area contributed by atoms with E-state index < -0.39 is 36.1 Å². The Morgan fingerprint density at radius 1 is 0.909 bits per heavy atom. The number of carbonyl (C=O) groups is 6. The molecule has 3 fully saturated rings. The summed E-state index contributed by atoms with van der Waals surface area (Å²) in [5.41, 5.74) is 4.18. The number of hydrogen-bond donors (Lipinski definition) is 1. The van der Waals surface area contributed by atoms with Crippen LogP contribution in [0.25, 0.3) is 22.0 Å². The number of halogens is 2. The van der Waals surface area contributed by atoms with Crippen LogP contribution in [0.2, 0.25) is 0 Å². The molecule has 5 aliphatic rings. The summed E-state index contributed by atoms with van der Waals surface area (Å²) < 4.78 is 46.0. The quantitative estimate of drug-likeness (QED) is 0.184. The number of pyridine rings is 1. The first-order valence-corrected chi connectivity index (χ1v) is 22.2. The van der Waals surface area contributed by atoms with Crippen molar-refractivity contribution in [3.05, 3.63) is 89.0 Å². The van der Waals surface area contributed by atoms with Crippen LogP contribution in [0.3, 0.4) is 0 Å². The summed E-state index contributed by atoms with van der Waals surface area (Å²) in [6.07, 6.45) is 5.23. The molecule has 342 valence electrons. The molecule has 19 heteroatoms. The van der Waals surface area contributed by atoms with E-state index in [-0.39, 0.29) is 65.8 Å². The van der Waals surface area contributed by atoms with Crippen molar-refractivity contribution >= 4 is 57.9 Å². The van der Waals surface area contributed by atoms with Gasteiger partial charge in [0, 0.05) is 112 Å². The molecule has 17 nitrogen and oxygen atoms in total. The highest BCUT2D eigenvalue weighted by Gasteiger charge is 2.45. The number of piperidine rings is 1. The molecular formula is C47H47F2N9O8. The van der Waals surface area contributed by atoms with Crippen molar-refractivity contribution in [3.8, 4) is 16.9 Å². The minimum absolute atomic E-state index is 0.000846. The van der Waals surface area contributed by atoms with Gasteiger partial charge >= 0.3 is 0 Å². The molecule has 5 aromatic rings. The number of rotatable bonds is 10. The second-order valence-corrected chi connectivity index (χ2v) is 17.4. The number of imide groups is 2. The van der Waals surface area contributed by atoms with Gasteiger partial charge in [0.25, 0.3) is 24.1 Å². The topological polar surface area (TPSA) is 182 Å². The molecule has 1 N–H and O–H groups in total. The number of ether oxygens (including phenoxy) is 2. The van der Waals surface area contributed by atoms with Crippen LogP contribution in [0.15, 0.2) is 61.1 Å². The van der Waals surface area contributed by atoms with E-state index >= 15 is 8.78 Å². The lowest BCUT2D eigenvalue weighted by Crippen LogP contribution is -2.54. The fraction of sp³-hybridized carbons (Fsp3) is 0.404. The Hall–Kier alpha value is -7.02. The summed E-state index contributed by atoms with van der Waals surface area (Å²) in [6, 6.07) is 9.97. The molecule has 1 unspecified atom stereocenters. The van der Waals surface area contributed by atoms with Crippen LogP contribution < -0.4 is 15.0 Å². The van der Waals surface area contributed by atoms with Crippen molar-refractivity contribution < 1.29 is 47.0 Å². The monoisotopic (exact) mass is 903 g/mol. The van der Waals surface area contributed by atoms with Crippen LogP contribution in [-0.4, -0.2) is 122 Å². The van der Waals surface area contributed by atoms with Crippen molar-refractivity contribution in [1.29, 1.82) is 0 Å². The third-order valence-corrected chi connectivity index (χ3v) is 13.6. The first kappa shape index (κ1) is 42.9. The van der Waals surface area contributed by atoms with Gasteiger partial charge in [-0.1, -0.05) is 6.07 Å². The second kappa shape index (κ2) is 17.1. The van der Waals surface area contributed by atoms with Crippen molar-refractivity contribution in [1.82, 2.24) is 39.3 Å². The fourth-order valence-electron chi connectivity index (χ4n) is 10.1. The highest BCUT2D eigenvalue weighted by atomic mass is 19.3. The lowest BCUT2D eigenvalue weighted by atomic mass is 9.98. The standard InChI is InChI=1S/C47H47F2N9O8/c1-26(59)54-16-11-39-37(23-54)44(52-58(39)27-12-17-65-18-13-27)53(2)28-3-5-31(33(19-28)43(48)49)36-24-56(38-9-14-50-21-35(36)38)29-10-15-55(22-29)42(61)25-66-30-4-6-32-34(20-30)47(64)57(46(32)63)40-7-8-41(60)51-45(40)62/h3-6,9,14,19-21,24,27,29,40,43H,7-8,10-13,15-18,22-23,25H2,1-2H3,(H,51,60,62)/t29-,40?/m1/s1. The highest BCUT2D eigenvalue weighted by molar-refractivity contribution is 6.23. The molecule has 10 rings (SSSR count). The average Bonchev–Trinajstić information content (AvgIpc) is 4.11. The van der Waals surface area contributed by atoms with Crippen LogP contribution in [0.1, 0.15) is 95.1 Å². The van der Waals surface area contributed by atoms with Gasteiger partial charge in [0.15, 0.2) is 12.4 Å². The van der Waals surface area contributed by atoms with E-state index in [1.165, 1.54) is 24.3 Å². The Bertz CT molecular complexity index is 2840. The SMILES string of the molecule is CC(=O)N1CCc2c(c(N(C)c3ccc(-c4cn([C@@H]5CCN(C(=O)COc6ccc7c(c6)C(=O)N(C6CCC(=O)NC6=O)C7=O)C5)c5ccncc45)c(C(F)F)c3)nn2C2CCOCC2)C1. The molecule has 0 spiro atoms. The van der Waals surface area contributed by atoms with Crippen LogP contribution >= 0.6 is 0 Å². The molecule has 3 aromatic heterocycles. The van der Waals surface area contributed by atoms with Gasteiger partial charge in [-0.05, 0) is 67.6 Å². The van der Waals surface area contributed by atoms with Crippen LogP contribution in [0, 0.1) is 0 Å². The first-order chi connectivity index (χ1) is 31.9. The van der Waals surface area contributed by atoms with E-state index in [4.69, 9.17) is 14.6 Å². The number of nitrogens with zero attached hydrogens (tertiary/aromatic N) is 8. The molecule has 2 aromatic carbocycles. The Morgan fingerprint density at radius 3 is 2.47 bits per heavy atom. The summed E-state index contributed by atoms with van der Waals surface area (Å²) in [6.45, 7) is 4.16. The predicted molar refractivity (Wildman–Crippen MR) is 233 cm³/mol. The molecule has 0 bridgehead atoms. The molecule has 3 saturated heterocycles. The number of likely N-dealkylation sites (tertiary alicyclic amines) is 1. The Morgan fingerprint density at radius 2 is 1.70 bits per heavy atom. The summed E-state index contributed by atoms with van der Waals surface area (Å²) in [5, 5.41) is 7.94. The number of amides is 6. The van der Waals surface area contributed by atoms with Crippen molar-refractivity contribution in [2.75, 3.05) is 51.4 Å². The smallest absolute Gasteiger partial charge is 0.264 e. The number of benzene rings is 2. The van der Waals surface area contributed by atoms with Crippen LogP contribution in [-0.2, 0) is 36.9 Å². The van der Waals surface area contributed by atoms with Gasteiger partial charge in [-0.25, -0.2) is 8.78 Å². The largest absolute Gasteiger partial charge is 0.484 e. The lowest BCUT2D eigenvalue weighted by molar-refractivity contribution is -0.136. The zero-order valence-corrected chi connectivity index (χ0v) is 36.4. The highest BCUT2D eigenvalue weighted by Crippen LogP contribution is 2.42. The van der Waals surface area contributed by atoms with Crippen LogP contribution in [0.4, 0.5) is 20.3 Å². The zero-order chi connectivity index (χ0) is 46.0. The number of fused-ring (bicyclic) bond motifs is 3. The van der Waals surface area contributed by atoms with E-state index in [1.807, 2.05) is 34.8 Å². The van der Waals surface area contributed by atoms with Gasteiger partial charge in [-0.15, -0.1) is 0 Å². The Labute approximate surface area is 377 Å². The maximum Gasteiger partial charge on any atom is 0.264 e. The minimum Gasteiger partial charge on any atom is -0.484 e. The molecule has 5 aliphatic heterocycles. The molecule has 66 heavy (non-hydrogen) atoms. The molecule has 0 saturated carbocycles. The van der Waals surface area contributed by atoms with Crippen LogP contribution in [0.5, 0.6) is 5.75 Å². The van der Waals surface area contributed by atoms with E-state index in [1.54, 1.807) is 35.2 Å². The summed E-state index contributed by atoms with van der Waals surface area (Å²) >= 11 is 0. The molecule has 6 amide bonds. The van der Waals surface area contributed by atoms with Gasteiger partial charge in [0.05, 0.1) is 35.3 Å². The predicted octanol–water partition coefficient (Wildman–Crippen LogP) is 5.12. The summed E-state index contributed by atoms with van der Waals surface area (Å²) in [4.78, 5) is 87.0. The van der Waals surface area contributed by atoms with Gasteiger partial charge in [-0.3, -0.25) is 48.6 Å².